The summed E-state index contributed by atoms with van der Waals surface area (Å²) in [5.41, 5.74) is 5.66. The molecular formula is C18H15ClFN5O2S. The second-order valence-corrected chi connectivity index (χ2v) is 7.05. The van der Waals surface area contributed by atoms with Crippen molar-refractivity contribution in [1.82, 2.24) is 25.6 Å². The van der Waals surface area contributed by atoms with Gasteiger partial charge in [0.2, 0.25) is 5.91 Å². The molecule has 144 valence electrons. The molecular weight excluding hydrogens is 405 g/mol. The number of aromatic nitrogens is 3. The van der Waals surface area contributed by atoms with Crippen LogP contribution in [-0.2, 0) is 11.8 Å². The topological polar surface area (TPSA) is 88.9 Å². The van der Waals surface area contributed by atoms with E-state index >= 15 is 0 Å². The van der Waals surface area contributed by atoms with Crippen LogP contribution < -0.4 is 10.9 Å². The number of nitrogens with one attached hydrogen (secondary N) is 2. The first-order chi connectivity index (χ1) is 13.4. The van der Waals surface area contributed by atoms with Gasteiger partial charge in [-0.25, -0.2) is 4.39 Å². The van der Waals surface area contributed by atoms with Crippen LogP contribution in [0.2, 0.25) is 5.02 Å². The average Bonchev–Trinajstić information content (AvgIpc) is 3.06. The van der Waals surface area contributed by atoms with E-state index in [0.717, 1.165) is 5.56 Å². The Morgan fingerprint density at radius 2 is 1.75 bits per heavy atom. The molecule has 0 aliphatic carbocycles. The molecule has 10 heteroatoms. The van der Waals surface area contributed by atoms with Crippen LogP contribution in [0, 0.1) is 5.82 Å². The van der Waals surface area contributed by atoms with Gasteiger partial charge in [0.05, 0.1) is 5.75 Å². The van der Waals surface area contributed by atoms with Gasteiger partial charge in [-0.15, -0.1) is 10.2 Å². The minimum atomic E-state index is -0.540. The Morgan fingerprint density at radius 3 is 2.43 bits per heavy atom. The molecule has 28 heavy (non-hydrogen) atoms. The molecule has 1 heterocycles. The van der Waals surface area contributed by atoms with Crippen LogP contribution in [-0.4, -0.2) is 32.3 Å². The summed E-state index contributed by atoms with van der Waals surface area (Å²) < 4.78 is 14.6. The number of hydrogen-bond donors (Lipinski definition) is 2. The lowest BCUT2D eigenvalue weighted by atomic mass is 10.2. The first kappa shape index (κ1) is 19.8. The second kappa shape index (κ2) is 8.85. The Kier molecular flexibility index (Phi) is 6.27. The molecule has 2 aromatic carbocycles. The second-order valence-electron chi connectivity index (χ2n) is 5.67. The zero-order valence-electron chi connectivity index (χ0n) is 14.6. The van der Waals surface area contributed by atoms with Crippen LogP contribution in [0.4, 0.5) is 4.39 Å². The Bertz CT molecular complexity index is 992. The van der Waals surface area contributed by atoms with Crippen molar-refractivity contribution in [3.63, 3.8) is 0 Å². The van der Waals surface area contributed by atoms with Crippen LogP contribution in [0.5, 0.6) is 0 Å². The van der Waals surface area contributed by atoms with Crippen LogP contribution >= 0.6 is 23.4 Å². The van der Waals surface area contributed by atoms with E-state index in [9.17, 15) is 14.0 Å². The standard InChI is InChI=1S/C18H15ClFN5O2S/c1-25-16(11-2-6-13(19)7-3-11)22-24-18(25)28-10-15(26)21-23-17(27)12-4-8-14(20)9-5-12/h2-9H,10H2,1H3,(H,21,26)(H,23,27). The summed E-state index contributed by atoms with van der Waals surface area (Å²) in [7, 11) is 1.79. The van der Waals surface area contributed by atoms with Gasteiger partial charge in [0, 0.05) is 23.2 Å². The number of nitrogens with zero attached hydrogens (tertiary/aromatic N) is 3. The molecule has 0 aliphatic heterocycles. The molecule has 3 rings (SSSR count). The average molecular weight is 420 g/mol. The van der Waals surface area contributed by atoms with Crippen molar-refractivity contribution in [2.24, 2.45) is 7.05 Å². The van der Waals surface area contributed by atoms with Gasteiger partial charge in [0.25, 0.3) is 5.91 Å². The first-order valence-electron chi connectivity index (χ1n) is 8.07. The fourth-order valence-electron chi connectivity index (χ4n) is 2.26. The van der Waals surface area contributed by atoms with Crippen molar-refractivity contribution in [2.45, 2.75) is 5.16 Å². The largest absolute Gasteiger partial charge is 0.305 e. The summed E-state index contributed by atoms with van der Waals surface area (Å²) >= 11 is 7.06. The Hall–Kier alpha value is -2.91. The van der Waals surface area contributed by atoms with Crippen molar-refractivity contribution < 1.29 is 14.0 Å². The van der Waals surface area contributed by atoms with Gasteiger partial charge in [0.15, 0.2) is 11.0 Å². The third kappa shape index (κ3) is 4.87. The summed E-state index contributed by atoms with van der Waals surface area (Å²) in [6.45, 7) is 0. The predicted octanol–water partition coefficient (Wildman–Crippen LogP) is 2.83. The third-order valence-corrected chi connectivity index (χ3v) is 4.96. The first-order valence-corrected chi connectivity index (χ1v) is 9.43. The van der Waals surface area contributed by atoms with Crippen molar-refractivity contribution >= 4 is 35.2 Å². The van der Waals surface area contributed by atoms with Gasteiger partial charge in [-0.3, -0.25) is 20.4 Å². The number of benzene rings is 2. The molecule has 0 bridgehead atoms. The highest BCUT2D eigenvalue weighted by Gasteiger charge is 2.13. The van der Waals surface area contributed by atoms with Crippen LogP contribution in [0.1, 0.15) is 10.4 Å². The highest BCUT2D eigenvalue weighted by atomic mass is 35.5. The number of thioether (sulfide) groups is 1. The van der Waals surface area contributed by atoms with E-state index in [2.05, 4.69) is 21.0 Å². The molecule has 2 amide bonds. The highest BCUT2D eigenvalue weighted by Crippen LogP contribution is 2.23. The number of carbonyl (C=O) groups excluding carboxylic acids is 2. The highest BCUT2D eigenvalue weighted by molar-refractivity contribution is 7.99. The normalized spacial score (nSPS) is 10.5. The molecule has 0 saturated carbocycles. The maximum absolute atomic E-state index is 12.9. The quantitative estimate of drug-likeness (QED) is 0.490. The van der Waals surface area contributed by atoms with Gasteiger partial charge >= 0.3 is 0 Å². The third-order valence-electron chi connectivity index (χ3n) is 3.69. The summed E-state index contributed by atoms with van der Waals surface area (Å²) in [5, 5.41) is 9.38. The zero-order valence-corrected chi connectivity index (χ0v) is 16.2. The van der Waals surface area contributed by atoms with Crippen molar-refractivity contribution in [3.05, 3.63) is 64.9 Å². The Balaban J connectivity index is 1.53. The zero-order chi connectivity index (χ0) is 20.1. The Labute approximate surface area is 169 Å². The van der Waals surface area contributed by atoms with Crippen molar-refractivity contribution in [3.8, 4) is 11.4 Å². The number of hydrogen-bond acceptors (Lipinski definition) is 5. The fraction of sp³-hybridized carbons (Fsp3) is 0.111. The molecule has 0 atom stereocenters. The summed E-state index contributed by atoms with van der Waals surface area (Å²) in [5.74, 6) is -0.739. The van der Waals surface area contributed by atoms with Crippen LogP contribution in [0.15, 0.2) is 53.7 Å². The van der Waals surface area contributed by atoms with E-state index in [1.54, 1.807) is 23.7 Å². The van der Waals surface area contributed by atoms with Gasteiger partial charge < -0.3 is 4.57 Å². The number of carbonyl (C=O) groups is 2. The summed E-state index contributed by atoms with van der Waals surface area (Å²) in [6.07, 6.45) is 0. The molecule has 7 nitrogen and oxygen atoms in total. The molecule has 0 unspecified atom stereocenters. The molecule has 2 N–H and O–H groups in total. The van der Waals surface area contributed by atoms with Crippen LogP contribution in [0.3, 0.4) is 0 Å². The van der Waals surface area contributed by atoms with E-state index in [1.807, 2.05) is 12.1 Å². The van der Waals surface area contributed by atoms with Crippen LogP contribution in [0.25, 0.3) is 11.4 Å². The monoisotopic (exact) mass is 419 g/mol. The number of rotatable bonds is 5. The molecule has 0 fully saturated rings. The number of halogens is 2. The minimum Gasteiger partial charge on any atom is -0.305 e. The molecule has 0 radical (unpaired) electrons. The summed E-state index contributed by atoms with van der Waals surface area (Å²) in [4.78, 5) is 23.8. The van der Waals surface area contributed by atoms with Gasteiger partial charge in [-0.05, 0) is 48.5 Å². The van der Waals surface area contributed by atoms with E-state index in [0.29, 0.717) is 16.0 Å². The van der Waals surface area contributed by atoms with E-state index in [-0.39, 0.29) is 11.3 Å². The molecule has 3 aromatic rings. The molecule has 1 aromatic heterocycles. The smallest absolute Gasteiger partial charge is 0.269 e. The molecule has 0 aliphatic rings. The van der Waals surface area contributed by atoms with Gasteiger partial charge in [-0.1, -0.05) is 23.4 Å². The van der Waals surface area contributed by atoms with Crippen molar-refractivity contribution in [1.29, 1.82) is 0 Å². The maximum Gasteiger partial charge on any atom is 0.269 e. The lowest BCUT2D eigenvalue weighted by molar-refractivity contribution is -0.119. The SMILES string of the molecule is Cn1c(SCC(=O)NNC(=O)c2ccc(F)cc2)nnc1-c1ccc(Cl)cc1. The minimum absolute atomic E-state index is 0.0241. The molecule has 0 saturated heterocycles. The fourth-order valence-corrected chi connectivity index (χ4v) is 3.09. The number of amides is 2. The van der Waals surface area contributed by atoms with Gasteiger partial charge in [-0.2, -0.15) is 0 Å². The van der Waals surface area contributed by atoms with E-state index < -0.39 is 17.6 Å². The lowest BCUT2D eigenvalue weighted by Crippen LogP contribution is -2.42. The van der Waals surface area contributed by atoms with Gasteiger partial charge in [0.1, 0.15) is 5.82 Å². The Morgan fingerprint density at radius 1 is 1.07 bits per heavy atom. The summed E-state index contributed by atoms with van der Waals surface area (Å²) in [6, 6.07) is 12.2. The number of hydrazine groups is 1. The predicted molar refractivity (Wildman–Crippen MR) is 104 cm³/mol. The van der Waals surface area contributed by atoms with E-state index in [4.69, 9.17) is 11.6 Å². The lowest BCUT2D eigenvalue weighted by Gasteiger charge is -2.07. The van der Waals surface area contributed by atoms with Crippen molar-refractivity contribution in [2.75, 3.05) is 5.75 Å². The molecule has 0 spiro atoms. The maximum atomic E-state index is 12.9. The van der Waals surface area contributed by atoms with E-state index in [1.165, 1.54) is 36.0 Å².